The van der Waals surface area contributed by atoms with E-state index in [1.807, 2.05) is 0 Å². The van der Waals surface area contributed by atoms with Gasteiger partial charge in [0.25, 0.3) is 0 Å². The Morgan fingerprint density at radius 2 is 0.980 bits per heavy atom. The first-order valence-electron chi connectivity index (χ1n) is 18.8. The lowest BCUT2D eigenvalue weighted by Crippen LogP contribution is -1.97. The molecular formula is C44H52N4OS. The number of benzene rings is 1. The van der Waals surface area contributed by atoms with Gasteiger partial charge in [-0.05, 0) is 98.2 Å². The second-order valence-corrected chi connectivity index (χ2v) is 14.8. The summed E-state index contributed by atoms with van der Waals surface area (Å²) in [6.45, 7) is 8.41. The highest BCUT2D eigenvalue weighted by atomic mass is 32.2. The number of unbranched alkanes of at least 4 members (excludes halogenated alkanes) is 6. The van der Waals surface area contributed by atoms with Gasteiger partial charge in [-0.3, -0.25) is 4.79 Å². The van der Waals surface area contributed by atoms with Gasteiger partial charge in [0.05, 0.1) is 22.8 Å². The van der Waals surface area contributed by atoms with Gasteiger partial charge >= 0.3 is 0 Å². The first-order valence-corrected chi connectivity index (χ1v) is 19.8. The molecule has 2 aliphatic heterocycles. The number of nitrogens with zero attached hydrogens (tertiary/aromatic N) is 2. The molecule has 5 heterocycles. The molecule has 50 heavy (non-hydrogen) atoms. The molecule has 2 N–H and O–H groups in total. The number of carbonyl (C=O) groups excluding carboxylic acids is 1. The monoisotopic (exact) mass is 684 g/mol. The molecule has 0 saturated heterocycles. The van der Waals surface area contributed by atoms with E-state index in [2.05, 4.69) is 104 Å². The van der Waals surface area contributed by atoms with Gasteiger partial charge in [-0.2, -0.15) is 0 Å². The lowest BCUT2D eigenvalue weighted by atomic mass is 10.0. The van der Waals surface area contributed by atoms with Crippen LogP contribution in [-0.4, -0.2) is 25.1 Å². The minimum atomic E-state index is 0.138. The van der Waals surface area contributed by atoms with Gasteiger partial charge in [-0.25, -0.2) is 9.97 Å². The highest BCUT2D eigenvalue weighted by Gasteiger charge is 2.17. The maximum atomic E-state index is 11.6. The fourth-order valence-corrected chi connectivity index (χ4v) is 7.65. The summed E-state index contributed by atoms with van der Waals surface area (Å²) in [5.74, 6) is 0.678. The van der Waals surface area contributed by atoms with Crippen LogP contribution in [0, 0.1) is 0 Å². The van der Waals surface area contributed by atoms with E-state index < -0.39 is 0 Å². The number of aromatic nitrogens is 4. The number of H-pyrrole nitrogens is 2. The zero-order valence-electron chi connectivity index (χ0n) is 30.3. The van der Waals surface area contributed by atoms with Crippen LogP contribution >= 0.6 is 11.8 Å². The smallest absolute Gasteiger partial charge is 0.186 e. The largest absolute Gasteiger partial charge is 0.355 e. The summed E-state index contributed by atoms with van der Waals surface area (Å²) in [6.07, 6.45) is 22.3. The Bertz CT molecular complexity index is 1920. The number of fused-ring (bicyclic) bond motifs is 8. The topological polar surface area (TPSA) is 74.4 Å². The molecule has 6 rings (SSSR count). The van der Waals surface area contributed by atoms with E-state index >= 15 is 0 Å². The minimum absolute atomic E-state index is 0.138. The van der Waals surface area contributed by atoms with Crippen LogP contribution in [0.15, 0.2) is 48.5 Å². The van der Waals surface area contributed by atoms with Crippen molar-refractivity contribution in [2.24, 2.45) is 0 Å². The number of aryl methyl sites for hydroxylation is 2. The molecule has 4 aromatic rings. The normalized spacial score (nSPS) is 12.2. The van der Waals surface area contributed by atoms with Gasteiger partial charge in [0.2, 0.25) is 0 Å². The number of hydrogen-bond acceptors (Lipinski definition) is 4. The molecule has 0 aliphatic carbocycles. The molecule has 0 radical (unpaired) electrons. The Labute approximate surface area is 302 Å². The van der Waals surface area contributed by atoms with Crippen molar-refractivity contribution < 1.29 is 4.79 Å². The summed E-state index contributed by atoms with van der Waals surface area (Å²) in [7, 11) is 0. The quantitative estimate of drug-likeness (QED) is 0.106. The van der Waals surface area contributed by atoms with E-state index in [0.29, 0.717) is 5.75 Å². The third-order valence-electron chi connectivity index (χ3n) is 9.85. The van der Waals surface area contributed by atoms with Gasteiger partial charge in [-0.1, -0.05) is 95.3 Å². The predicted octanol–water partition coefficient (Wildman–Crippen LogP) is 12.3. The molecule has 6 heteroatoms. The number of nitrogens with one attached hydrogen (secondary N) is 2. The fourth-order valence-electron chi connectivity index (χ4n) is 7.08. The van der Waals surface area contributed by atoms with E-state index in [1.165, 1.54) is 67.0 Å². The number of aromatic amines is 2. The highest BCUT2D eigenvalue weighted by Crippen LogP contribution is 2.33. The Hall–Kier alpha value is -4.16. The third kappa shape index (κ3) is 8.40. The van der Waals surface area contributed by atoms with Crippen molar-refractivity contribution in [3.05, 3.63) is 93.6 Å². The Balaban J connectivity index is 1.64. The second-order valence-electron chi connectivity index (χ2n) is 13.7. The standard InChI is InChI=1S/C44H52N4OS/c1-5-8-11-14-33-36-21-23-38(45-36)34(15-12-9-6-2)40-25-27-42(47-40)44(32-19-17-31(18-20-32)29-50-30(4)49)43-28-26-41(48-43)35(16-13-10-7-3)39-24-22-37(33)46-39/h17-28,47-48H,5-16,29H2,1-4H3. The first-order chi connectivity index (χ1) is 24.5. The average Bonchev–Trinajstić information content (AvgIpc) is 3.96. The molecule has 2 aliphatic rings. The molecular weight excluding hydrogens is 633 g/mol. The van der Waals surface area contributed by atoms with Crippen LogP contribution in [-0.2, 0) is 29.8 Å². The fraction of sp³-hybridized carbons (Fsp3) is 0.386. The lowest BCUT2D eigenvalue weighted by molar-refractivity contribution is -0.109. The molecule has 3 aromatic heterocycles. The highest BCUT2D eigenvalue weighted by molar-refractivity contribution is 8.12. The van der Waals surface area contributed by atoms with Crippen molar-refractivity contribution in [1.29, 1.82) is 0 Å². The molecule has 8 bridgehead atoms. The van der Waals surface area contributed by atoms with E-state index in [-0.39, 0.29) is 5.12 Å². The van der Waals surface area contributed by atoms with Crippen LogP contribution in [0.5, 0.6) is 0 Å². The maximum absolute atomic E-state index is 11.6. The van der Waals surface area contributed by atoms with Gasteiger partial charge in [-0.15, -0.1) is 0 Å². The molecule has 0 amide bonds. The van der Waals surface area contributed by atoms with Crippen molar-refractivity contribution in [1.82, 2.24) is 19.9 Å². The molecule has 0 fully saturated rings. The number of hydrogen-bond donors (Lipinski definition) is 2. The Kier molecular flexibility index (Phi) is 12.2. The van der Waals surface area contributed by atoms with Crippen molar-refractivity contribution in [2.75, 3.05) is 0 Å². The molecule has 0 spiro atoms. The van der Waals surface area contributed by atoms with Crippen LogP contribution in [0.3, 0.4) is 0 Å². The molecule has 0 atom stereocenters. The second kappa shape index (κ2) is 17.2. The van der Waals surface area contributed by atoms with Gasteiger partial charge in [0.15, 0.2) is 5.12 Å². The van der Waals surface area contributed by atoms with Crippen LogP contribution in [0.2, 0.25) is 0 Å². The number of thioether (sulfide) groups is 1. The number of carbonyl (C=O) groups is 1. The van der Waals surface area contributed by atoms with E-state index in [0.717, 1.165) is 100 Å². The molecule has 0 unspecified atom stereocenters. The molecule has 1 aromatic carbocycles. The third-order valence-corrected chi connectivity index (χ3v) is 10.7. The lowest BCUT2D eigenvalue weighted by Gasteiger charge is -2.07. The maximum Gasteiger partial charge on any atom is 0.186 e. The zero-order valence-corrected chi connectivity index (χ0v) is 31.1. The summed E-state index contributed by atoms with van der Waals surface area (Å²) in [6, 6.07) is 17.6. The van der Waals surface area contributed by atoms with E-state index in [1.54, 1.807) is 6.92 Å². The van der Waals surface area contributed by atoms with Crippen LogP contribution in [0.25, 0.3) is 57.5 Å². The molecule has 0 saturated carbocycles. The van der Waals surface area contributed by atoms with Crippen molar-refractivity contribution in [3.63, 3.8) is 0 Å². The van der Waals surface area contributed by atoms with Crippen LogP contribution < -0.4 is 0 Å². The average molecular weight is 685 g/mol. The van der Waals surface area contributed by atoms with E-state index in [4.69, 9.17) is 9.97 Å². The van der Waals surface area contributed by atoms with Crippen LogP contribution in [0.1, 0.15) is 131 Å². The first kappa shape index (κ1) is 35.7. The minimum Gasteiger partial charge on any atom is -0.355 e. The van der Waals surface area contributed by atoms with Crippen molar-refractivity contribution in [3.8, 4) is 11.1 Å². The van der Waals surface area contributed by atoms with Gasteiger partial charge < -0.3 is 9.97 Å². The molecule has 260 valence electrons. The van der Waals surface area contributed by atoms with Gasteiger partial charge in [0.1, 0.15) is 0 Å². The summed E-state index contributed by atoms with van der Waals surface area (Å²) >= 11 is 1.35. The van der Waals surface area contributed by atoms with Crippen molar-refractivity contribution in [2.45, 2.75) is 110 Å². The zero-order chi connectivity index (χ0) is 34.9. The van der Waals surface area contributed by atoms with Crippen molar-refractivity contribution >= 4 is 63.2 Å². The number of rotatable bonds is 15. The van der Waals surface area contributed by atoms with Gasteiger partial charge in [0, 0.05) is 57.0 Å². The summed E-state index contributed by atoms with van der Waals surface area (Å²) in [4.78, 5) is 30.1. The van der Waals surface area contributed by atoms with Crippen LogP contribution in [0.4, 0.5) is 0 Å². The SMILES string of the molecule is CCCCCc1c2nc(c(CCCCC)c3ccc([nH]3)c(-c3ccc(CSC(C)=O)cc3)c3ccc([nH]3)c(CCCCC)c3nc1C=C3)C=C2. The summed E-state index contributed by atoms with van der Waals surface area (Å²) in [5, 5.41) is 0.138. The summed E-state index contributed by atoms with van der Waals surface area (Å²) in [5.41, 5.74) is 15.8. The predicted molar refractivity (Wildman–Crippen MR) is 216 cm³/mol. The Morgan fingerprint density at radius 3 is 1.42 bits per heavy atom. The van der Waals surface area contributed by atoms with E-state index in [9.17, 15) is 4.79 Å². The Morgan fingerprint density at radius 1 is 0.560 bits per heavy atom. The molecule has 5 nitrogen and oxygen atoms in total. The summed E-state index contributed by atoms with van der Waals surface area (Å²) < 4.78 is 0.